The van der Waals surface area contributed by atoms with Crippen LogP contribution in [0.25, 0.3) is 0 Å². The van der Waals surface area contributed by atoms with Crippen molar-refractivity contribution >= 4 is 23.1 Å². The van der Waals surface area contributed by atoms with Crippen LogP contribution in [0.2, 0.25) is 0 Å². The van der Waals surface area contributed by atoms with Crippen LogP contribution < -0.4 is 10.2 Å². The van der Waals surface area contributed by atoms with E-state index in [-0.39, 0.29) is 17.9 Å². The van der Waals surface area contributed by atoms with Crippen molar-refractivity contribution in [3.05, 3.63) is 40.5 Å². The summed E-state index contributed by atoms with van der Waals surface area (Å²) in [5.41, 5.74) is -1.98. The lowest BCUT2D eigenvalue weighted by Crippen LogP contribution is -2.54. The summed E-state index contributed by atoms with van der Waals surface area (Å²) in [6, 6.07) is 2.64. The van der Waals surface area contributed by atoms with Gasteiger partial charge in [-0.05, 0) is 63.0 Å². The van der Waals surface area contributed by atoms with Gasteiger partial charge in [0.25, 0.3) is 0 Å². The molecule has 3 fully saturated rings. The summed E-state index contributed by atoms with van der Waals surface area (Å²) in [6.45, 7) is 6.11. The standard InChI is InChI=1S/C28H38F3N5O2S/c1-19(2)26(7-3-22(18-26)34-21-4-8-27(38,9-5-21)24-33-11-16-39-24)25(37)36-14-12-35(13-15-36)23-17-20(6-10-32-23)28(29,30)31/h6,10-11,16-17,19,21-22,34,38H,3-5,7-9,12-15,18H2,1-2H3/t21?,22-,26+,27?/m1/s1. The summed E-state index contributed by atoms with van der Waals surface area (Å²) >= 11 is 1.51. The zero-order valence-corrected chi connectivity index (χ0v) is 23.4. The number of anilines is 1. The molecule has 214 valence electrons. The molecule has 1 saturated heterocycles. The topological polar surface area (TPSA) is 81.6 Å². The number of pyridine rings is 1. The molecule has 2 aliphatic carbocycles. The highest BCUT2D eigenvalue weighted by molar-refractivity contribution is 7.09. The Morgan fingerprint density at radius 1 is 1.08 bits per heavy atom. The maximum atomic E-state index is 13.9. The van der Waals surface area contributed by atoms with Crippen LogP contribution in [0.15, 0.2) is 29.9 Å². The fourth-order valence-electron chi connectivity index (χ4n) is 6.67. The molecule has 11 heteroatoms. The lowest BCUT2D eigenvalue weighted by Gasteiger charge is -2.42. The fraction of sp³-hybridized carbons (Fsp3) is 0.679. The summed E-state index contributed by atoms with van der Waals surface area (Å²) in [6.07, 6.45) is 4.19. The van der Waals surface area contributed by atoms with Crippen molar-refractivity contribution in [3.63, 3.8) is 0 Å². The molecule has 5 rings (SSSR count). The van der Waals surface area contributed by atoms with Gasteiger partial charge in [0.05, 0.1) is 11.0 Å². The fourth-order valence-corrected chi connectivity index (χ4v) is 7.46. The minimum Gasteiger partial charge on any atom is -0.383 e. The first-order valence-corrected chi connectivity index (χ1v) is 14.8. The number of nitrogens with one attached hydrogen (secondary N) is 1. The Morgan fingerprint density at radius 3 is 2.38 bits per heavy atom. The Morgan fingerprint density at radius 2 is 1.77 bits per heavy atom. The molecule has 2 atom stereocenters. The first-order valence-electron chi connectivity index (χ1n) is 14.0. The molecule has 0 spiro atoms. The molecule has 3 aliphatic rings. The van der Waals surface area contributed by atoms with Crippen molar-refractivity contribution in [2.24, 2.45) is 11.3 Å². The number of piperazine rings is 1. The number of halogens is 3. The van der Waals surface area contributed by atoms with Crippen LogP contribution in [0.1, 0.15) is 69.4 Å². The van der Waals surface area contributed by atoms with E-state index in [9.17, 15) is 23.1 Å². The molecule has 7 nitrogen and oxygen atoms in total. The first kappa shape index (κ1) is 28.3. The molecule has 0 bridgehead atoms. The van der Waals surface area contributed by atoms with E-state index >= 15 is 0 Å². The highest BCUT2D eigenvalue weighted by Crippen LogP contribution is 2.47. The molecule has 2 saturated carbocycles. The molecule has 0 radical (unpaired) electrons. The van der Waals surface area contributed by atoms with Crippen molar-refractivity contribution in [3.8, 4) is 0 Å². The molecule has 1 aliphatic heterocycles. The van der Waals surface area contributed by atoms with Gasteiger partial charge in [-0.25, -0.2) is 9.97 Å². The molecule has 1 amide bonds. The smallest absolute Gasteiger partial charge is 0.383 e. The van der Waals surface area contributed by atoms with Gasteiger partial charge in [-0.15, -0.1) is 11.3 Å². The number of alkyl halides is 3. The van der Waals surface area contributed by atoms with E-state index < -0.39 is 22.8 Å². The maximum Gasteiger partial charge on any atom is 0.416 e. The number of hydrogen-bond donors (Lipinski definition) is 2. The number of nitrogens with zero attached hydrogens (tertiary/aromatic N) is 4. The largest absolute Gasteiger partial charge is 0.416 e. The molecular formula is C28H38F3N5O2S. The SMILES string of the molecule is CC(C)[C@]1(C(=O)N2CCN(c3cc(C(F)(F)F)ccn3)CC2)CC[C@@H](NC2CCC(O)(c3nccs3)CC2)C1. The zero-order chi connectivity index (χ0) is 27.8. The number of thiazole rings is 1. The van der Waals surface area contributed by atoms with Crippen LogP contribution in [-0.4, -0.2) is 64.1 Å². The maximum absolute atomic E-state index is 13.9. The third-order valence-corrected chi connectivity index (χ3v) is 10.1. The summed E-state index contributed by atoms with van der Waals surface area (Å²) in [5.74, 6) is 0.649. The van der Waals surface area contributed by atoms with E-state index in [0.717, 1.165) is 49.2 Å². The summed E-state index contributed by atoms with van der Waals surface area (Å²) in [7, 11) is 0. The number of aromatic nitrogens is 2. The lowest BCUT2D eigenvalue weighted by molar-refractivity contribution is -0.145. The normalized spacial score (nSPS) is 30.2. The lowest BCUT2D eigenvalue weighted by atomic mass is 9.74. The molecule has 0 unspecified atom stereocenters. The Bertz CT molecular complexity index is 1130. The minimum atomic E-state index is -4.41. The summed E-state index contributed by atoms with van der Waals surface area (Å²) < 4.78 is 39.4. The number of hydrogen-bond acceptors (Lipinski definition) is 7. The Balaban J connectivity index is 1.17. The van der Waals surface area contributed by atoms with Crippen LogP contribution in [0.5, 0.6) is 0 Å². The van der Waals surface area contributed by atoms with E-state index in [1.54, 1.807) is 6.20 Å². The van der Waals surface area contributed by atoms with Gasteiger partial charge >= 0.3 is 6.18 Å². The predicted octanol–water partition coefficient (Wildman–Crippen LogP) is 4.82. The van der Waals surface area contributed by atoms with Gasteiger partial charge in [-0.3, -0.25) is 4.79 Å². The number of carbonyl (C=O) groups is 1. The molecule has 3 heterocycles. The number of aliphatic hydroxyl groups is 1. The van der Waals surface area contributed by atoms with Crippen molar-refractivity contribution in [2.75, 3.05) is 31.1 Å². The van der Waals surface area contributed by atoms with E-state index in [4.69, 9.17) is 0 Å². The second kappa shape index (κ2) is 11.0. The van der Waals surface area contributed by atoms with Crippen LogP contribution >= 0.6 is 11.3 Å². The molecule has 39 heavy (non-hydrogen) atoms. The Hall–Kier alpha value is -2.24. The number of amides is 1. The van der Waals surface area contributed by atoms with E-state index in [0.29, 0.717) is 50.9 Å². The Labute approximate surface area is 231 Å². The zero-order valence-electron chi connectivity index (χ0n) is 22.6. The van der Waals surface area contributed by atoms with Gasteiger partial charge in [0.2, 0.25) is 5.91 Å². The van der Waals surface area contributed by atoms with Gasteiger partial charge in [0, 0.05) is 56.0 Å². The predicted molar refractivity (Wildman–Crippen MR) is 144 cm³/mol. The quantitative estimate of drug-likeness (QED) is 0.523. The molecular weight excluding hydrogens is 527 g/mol. The van der Waals surface area contributed by atoms with Crippen molar-refractivity contribution in [1.29, 1.82) is 0 Å². The first-order chi connectivity index (χ1) is 18.5. The van der Waals surface area contributed by atoms with Gasteiger partial charge in [0.1, 0.15) is 16.4 Å². The molecule has 2 aromatic heterocycles. The van der Waals surface area contributed by atoms with E-state index in [1.165, 1.54) is 17.5 Å². The van der Waals surface area contributed by atoms with Crippen LogP contribution in [0, 0.1) is 11.3 Å². The molecule has 2 N–H and O–H groups in total. The number of carbonyl (C=O) groups excluding carboxylic acids is 1. The molecule has 2 aromatic rings. The number of rotatable bonds is 6. The highest BCUT2D eigenvalue weighted by Gasteiger charge is 2.50. The minimum absolute atomic E-state index is 0.167. The van der Waals surface area contributed by atoms with Gasteiger partial charge < -0.3 is 20.2 Å². The third kappa shape index (κ3) is 5.81. The monoisotopic (exact) mass is 565 g/mol. The van der Waals surface area contributed by atoms with Crippen LogP contribution in [0.3, 0.4) is 0 Å². The summed E-state index contributed by atoms with van der Waals surface area (Å²) in [4.78, 5) is 26.1. The average Bonchev–Trinajstić information content (AvgIpc) is 3.61. The van der Waals surface area contributed by atoms with Gasteiger partial charge in [-0.2, -0.15) is 13.2 Å². The second-order valence-electron chi connectivity index (χ2n) is 11.7. The van der Waals surface area contributed by atoms with Gasteiger partial charge in [-0.1, -0.05) is 13.8 Å². The summed E-state index contributed by atoms with van der Waals surface area (Å²) in [5, 5.41) is 17.5. The van der Waals surface area contributed by atoms with E-state index in [2.05, 4.69) is 29.1 Å². The van der Waals surface area contributed by atoms with Crippen molar-refractivity contribution in [1.82, 2.24) is 20.2 Å². The van der Waals surface area contributed by atoms with Crippen LogP contribution in [-0.2, 0) is 16.6 Å². The van der Waals surface area contributed by atoms with Gasteiger partial charge in [0.15, 0.2) is 0 Å². The average molecular weight is 566 g/mol. The second-order valence-corrected chi connectivity index (χ2v) is 12.6. The van der Waals surface area contributed by atoms with Crippen LogP contribution in [0.4, 0.5) is 19.0 Å². The Kier molecular flexibility index (Phi) is 7.96. The highest BCUT2D eigenvalue weighted by atomic mass is 32.1. The van der Waals surface area contributed by atoms with E-state index in [1.807, 2.05) is 15.2 Å². The molecule has 0 aromatic carbocycles. The van der Waals surface area contributed by atoms with Crippen molar-refractivity contribution < 1.29 is 23.1 Å². The third-order valence-electron chi connectivity index (χ3n) is 9.16. The van der Waals surface area contributed by atoms with Crippen molar-refractivity contribution in [2.45, 2.75) is 82.7 Å².